The number of sulfone groups is 1. The predicted octanol–water partition coefficient (Wildman–Crippen LogP) is 1.07. The van der Waals surface area contributed by atoms with Crippen LogP contribution in [0.15, 0.2) is 0 Å². The highest BCUT2D eigenvalue weighted by atomic mass is 32.2. The number of ether oxygens (including phenoxy) is 1. The van der Waals surface area contributed by atoms with Gasteiger partial charge in [-0.3, -0.25) is 0 Å². The second kappa shape index (κ2) is 5.67. The van der Waals surface area contributed by atoms with E-state index in [-0.39, 0.29) is 0 Å². The lowest BCUT2D eigenvalue weighted by atomic mass is 9.68. The third-order valence-corrected chi connectivity index (χ3v) is 5.98. The molecule has 0 aliphatic heterocycles. The molecule has 1 aliphatic rings. The van der Waals surface area contributed by atoms with Gasteiger partial charge in [-0.25, -0.2) is 8.42 Å². The van der Waals surface area contributed by atoms with E-state index in [0.717, 1.165) is 12.8 Å². The average Bonchev–Trinajstić information content (AvgIpc) is 2.12. The van der Waals surface area contributed by atoms with Gasteiger partial charge in [0.15, 0.2) is 9.84 Å². The Balaban J connectivity index is 2.54. The maximum absolute atomic E-state index is 11.9. The van der Waals surface area contributed by atoms with Gasteiger partial charge in [-0.05, 0) is 24.7 Å². The summed E-state index contributed by atoms with van der Waals surface area (Å²) in [4.78, 5) is 0. The third kappa shape index (κ3) is 3.42. The lowest BCUT2D eigenvalue weighted by Gasteiger charge is -2.48. The molecule has 1 N–H and O–H groups in total. The number of methoxy groups -OCH3 is 1. The zero-order chi connectivity index (χ0) is 13.1. The Bertz CT molecular complexity index is 332. The summed E-state index contributed by atoms with van der Waals surface area (Å²) in [7, 11) is -1.34. The zero-order valence-electron chi connectivity index (χ0n) is 11.3. The lowest BCUT2D eigenvalue weighted by molar-refractivity contribution is 0.152. The molecule has 0 spiro atoms. The molecule has 1 saturated carbocycles. The van der Waals surface area contributed by atoms with E-state index in [0.29, 0.717) is 31.5 Å². The maximum Gasteiger partial charge on any atom is 0.154 e. The van der Waals surface area contributed by atoms with Crippen LogP contribution >= 0.6 is 0 Å². The van der Waals surface area contributed by atoms with E-state index in [2.05, 4.69) is 19.2 Å². The van der Waals surface area contributed by atoms with Crippen LogP contribution in [0.25, 0.3) is 0 Å². The van der Waals surface area contributed by atoms with Crippen molar-refractivity contribution in [1.82, 2.24) is 5.32 Å². The molecule has 0 amide bonds. The summed E-state index contributed by atoms with van der Waals surface area (Å²) in [6, 6.07) is 0. The van der Waals surface area contributed by atoms with Crippen molar-refractivity contribution in [2.24, 2.45) is 11.8 Å². The molecule has 5 heteroatoms. The molecule has 0 unspecified atom stereocenters. The first-order chi connectivity index (χ1) is 7.82. The van der Waals surface area contributed by atoms with Gasteiger partial charge in [0.1, 0.15) is 0 Å². The minimum atomic E-state index is -2.98. The van der Waals surface area contributed by atoms with Gasteiger partial charge in [-0.2, -0.15) is 0 Å². The summed E-state index contributed by atoms with van der Waals surface area (Å²) in [5.74, 6) is 1.12. The summed E-state index contributed by atoms with van der Waals surface area (Å²) in [5.41, 5.74) is 0. The van der Waals surface area contributed by atoms with Crippen molar-refractivity contribution >= 4 is 9.84 Å². The van der Waals surface area contributed by atoms with E-state index in [1.807, 2.05) is 0 Å². The summed E-state index contributed by atoms with van der Waals surface area (Å²) < 4.78 is 28.2. The highest BCUT2D eigenvalue weighted by Gasteiger charge is 2.52. The van der Waals surface area contributed by atoms with Crippen LogP contribution in [0, 0.1) is 11.8 Å². The van der Waals surface area contributed by atoms with Gasteiger partial charge in [0.25, 0.3) is 0 Å². The Kier molecular flexibility index (Phi) is 4.98. The first-order valence-electron chi connectivity index (χ1n) is 6.21. The van der Waals surface area contributed by atoms with E-state index in [1.54, 1.807) is 7.11 Å². The fraction of sp³-hybridized carbons (Fsp3) is 1.00. The molecule has 102 valence electrons. The van der Waals surface area contributed by atoms with Crippen molar-refractivity contribution in [3.05, 3.63) is 0 Å². The number of nitrogens with one attached hydrogen (secondary N) is 1. The summed E-state index contributed by atoms with van der Waals surface area (Å²) in [6.07, 6.45) is 2.95. The molecule has 0 heterocycles. The van der Waals surface area contributed by atoms with Crippen LogP contribution in [0.2, 0.25) is 0 Å². The molecule has 0 aromatic rings. The second-order valence-corrected chi connectivity index (χ2v) is 7.95. The molecule has 0 bridgehead atoms. The highest BCUT2D eigenvalue weighted by Crippen LogP contribution is 2.46. The SMILES string of the molecule is COCCNCC1(S(C)(=O)=O)CC(C(C)C)C1. The predicted molar refractivity (Wildman–Crippen MR) is 69.9 cm³/mol. The monoisotopic (exact) mass is 263 g/mol. The molecular weight excluding hydrogens is 238 g/mol. The molecule has 0 aromatic heterocycles. The lowest BCUT2D eigenvalue weighted by Crippen LogP contribution is -2.57. The molecule has 4 nitrogen and oxygen atoms in total. The molecule has 0 saturated heterocycles. The fourth-order valence-electron chi connectivity index (χ4n) is 2.44. The highest BCUT2D eigenvalue weighted by molar-refractivity contribution is 7.92. The average molecular weight is 263 g/mol. The molecule has 1 fully saturated rings. The Morgan fingerprint density at radius 2 is 2.00 bits per heavy atom. The molecule has 0 radical (unpaired) electrons. The van der Waals surface area contributed by atoms with Gasteiger partial charge in [-0.1, -0.05) is 13.8 Å². The van der Waals surface area contributed by atoms with E-state index >= 15 is 0 Å². The normalized spacial score (nSPS) is 29.4. The Morgan fingerprint density at radius 1 is 1.41 bits per heavy atom. The van der Waals surface area contributed by atoms with E-state index in [4.69, 9.17) is 4.74 Å². The van der Waals surface area contributed by atoms with Gasteiger partial charge >= 0.3 is 0 Å². The Labute approximate surface area is 105 Å². The minimum Gasteiger partial charge on any atom is -0.383 e. The van der Waals surface area contributed by atoms with Gasteiger partial charge in [0, 0.05) is 26.5 Å². The van der Waals surface area contributed by atoms with Gasteiger partial charge < -0.3 is 10.1 Å². The molecule has 0 aromatic carbocycles. The van der Waals surface area contributed by atoms with Crippen molar-refractivity contribution in [2.75, 3.05) is 33.1 Å². The number of hydrogen-bond acceptors (Lipinski definition) is 4. The van der Waals surface area contributed by atoms with E-state index in [1.165, 1.54) is 6.26 Å². The largest absolute Gasteiger partial charge is 0.383 e. The van der Waals surface area contributed by atoms with Crippen LogP contribution in [0.5, 0.6) is 0 Å². The summed E-state index contributed by atoms with van der Waals surface area (Å²) >= 11 is 0. The number of hydrogen-bond donors (Lipinski definition) is 1. The van der Waals surface area contributed by atoms with Gasteiger partial charge in [0.2, 0.25) is 0 Å². The van der Waals surface area contributed by atoms with E-state index in [9.17, 15) is 8.42 Å². The minimum absolute atomic E-state index is 0.532. The standard InChI is InChI=1S/C12H25NO3S/c1-10(2)11-7-12(8-11,17(4,14)15)9-13-5-6-16-3/h10-11,13H,5-9H2,1-4H3. The maximum atomic E-state index is 11.9. The number of rotatable bonds is 7. The molecule has 17 heavy (non-hydrogen) atoms. The fourth-order valence-corrected chi connectivity index (χ4v) is 3.83. The van der Waals surface area contributed by atoms with Crippen molar-refractivity contribution in [1.29, 1.82) is 0 Å². The quantitative estimate of drug-likeness (QED) is 0.698. The van der Waals surface area contributed by atoms with Crippen molar-refractivity contribution in [3.8, 4) is 0 Å². The van der Waals surface area contributed by atoms with Crippen molar-refractivity contribution in [3.63, 3.8) is 0 Å². The van der Waals surface area contributed by atoms with E-state index < -0.39 is 14.6 Å². The van der Waals surface area contributed by atoms with Gasteiger partial charge in [0.05, 0.1) is 11.4 Å². The van der Waals surface area contributed by atoms with Crippen molar-refractivity contribution in [2.45, 2.75) is 31.4 Å². The van der Waals surface area contributed by atoms with Crippen LogP contribution < -0.4 is 5.32 Å². The first-order valence-corrected chi connectivity index (χ1v) is 8.11. The van der Waals surface area contributed by atoms with Crippen LogP contribution in [-0.4, -0.2) is 46.2 Å². The zero-order valence-corrected chi connectivity index (χ0v) is 12.1. The topological polar surface area (TPSA) is 55.4 Å². The van der Waals surface area contributed by atoms with Gasteiger partial charge in [-0.15, -0.1) is 0 Å². The summed E-state index contributed by atoms with van der Waals surface area (Å²) in [6.45, 7) is 6.20. The Hall–Kier alpha value is -0.130. The second-order valence-electron chi connectivity index (χ2n) is 5.54. The molecular formula is C12H25NO3S. The molecule has 0 atom stereocenters. The third-order valence-electron chi connectivity index (χ3n) is 3.93. The molecule has 1 rings (SSSR count). The van der Waals surface area contributed by atoms with Crippen molar-refractivity contribution < 1.29 is 13.2 Å². The van der Waals surface area contributed by atoms with Crippen LogP contribution in [-0.2, 0) is 14.6 Å². The summed E-state index contributed by atoms with van der Waals surface area (Å²) in [5, 5.41) is 3.19. The van der Waals surface area contributed by atoms with Crippen LogP contribution in [0.1, 0.15) is 26.7 Å². The van der Waals surface area contributed by atoms with Crippen LogP contribution in [0.4, 0.5) is 0 Å². The molecule has 1 aliphatic carbocycles. The first kappa shape index (κ1) is 14.9. The Morgan fingerprint density at radius 3 is 2.41 bits per heavy atom. The van der Waals surface area contributed by atoms with Crippen LogP contribution in [0.3, 0.4) is 0 Å². The smallest absolute Gasteiger partial charge is 0.154 e.